The number of carbonyl (C=O) groups excluding carboxylic acids is 2. The summed E-state index contributed by atoms with van der Waals surface area (Å²) in [7, 11) is -3.70. The number of hydrogen-bond acceptors (Lipinski definition) is 8. The van der Waals surface area contributed by atoms with Gasteiger partial charge in [0.15, 0.2) is 30.9 Å². The Kier molecular flexibility index (Phi) is 8.55. The molecule has 4 rings (SSSR count). The van der Waals surface area contributed by atoms with Crippen molar-refractivity contribution in [1.29, 1.82) is 0 Å². The number of nitrogens with one attached hydrogen (secondary N) is 1. The number of anilines is 1. The Hall–Kier alpha value is -2.80. The highest BCUT2D eigenvalue weighted by atomic mass is 35.5. The standard InChI is InChI=1S/C24H20Cl2F2N2O6S2/c1-12(31)35-23-21(26)37-24(30-23)29-22(32)20(36-18-8-7-14(27)11-17(18)28)13-6-9-19(16(25)10-13)38(33,34)15-4-2-3-5-15/h6-11,15,20H,2-5H2,1H3,(H,29,30,32). The van der Waals surface area contributed by atoms with Crippen molar-refractivity contribution >= 4 is 61.4 Å². The van der Waals surface area contributed by atoms with Gasteiger partial charge < -0.3 is 9.47 Å². The molecule has 0 radical (unpaired) electrons. The molecule has 1 aliphatic carbocycles. The maximum absolute atomic E-state index is 14.4. The quantitative estimate of drug-likeness (QED) is 0.308. The highest BCUT2D eigenvalue weighted by Gasteiger charge is 2.33. The van der Waals surface area contributed by atoms with E-state index in [4.69, 9.17) is 32.7 Å². The summed E-state index contributed by atoms with van der Waals surface area (Å²) in [4.78, 5) is 28.3. The van der Waals surface area contributed by atoms with E-state index in [1.165, 1.54) is 18.2 Å². The van der Waals surface area contributed by atoms with Crippen molar-refractivity contribution in [3.63, 3.8) is 0 Å². The number of aromatic nitrogens is 1. The van der Waals surface area contributed by atoms with Gasteiger partial charge in [-0.25, -0.2) is 17.2 Å². The van der Waals surface area contributed by atoms with Gasteiger partial charge in [-0.15, -0.1) is 0 Å². The second-order valence-corrected chi connectivity index (χ2v) is 12.6. The van der Waals surface area contributed by atoms with Gasteiger partial charge in [0, 0.05) is 18.6 Å². The van der Waals surface area contributed by atoms with Crippen molar-refractivity contribution < 1.29 is 36.3 Å². The number of benzene rings is 2. The summed E-state index contributed by atoms with van der Waals surface area (Å²) < 4.78 is 64.4. The van der Waals surface area contributed by atoms with Crippen LogP contribution in [-0.4, -0.2) is 30.5 Å². The van der Waals surface area contributed by atoms with Crippen LogP contribution in [0.25, 0.3) is 0 Å². The van der Waals surface area contributed by atoms with Crippen LogP contribution in [0.4, 0.5) is 13.9 Å². The molecule has 1 amide bonds. The number of nitrogens with zero attached hydrogens (tertiary/aromatic N) is 1. The number of rotatable bonds is 8. The third-order valence-corrected chi connectivity index (χ3v) is 9.59. The molecule has 2 aromatic carbocycles. The normalized spacial score (nSPS) is 14.8. The van der Waals surface area contributed by atoms with Crippen LogP contribution >= 0.6 is 34.5 Å². The minimum atomic E-state index is -3.70. The van der Waals surface area contributed by atoms with E-state index in [1.54, 1.807) is 0 Å². The zero-order valence-corrected chi connectivity index (χ0v) is 22.8. The molecule has 0 aliphatic heterocycles. The van der Waals surface area contributed by atoms with Gasteiger partial charge in [0.25, 0.3) is 11.8 Å². The Bertz CT molecular complexity index is 1490. The second-order valence-electron chi connectivity index (χ2n) is 8.39. The van der Waals surface area contributed by atoms with E-state index in [0.29, 0.717) is 18.9 Å². The van der Waals surface area contributed by atoms with Crippen LogP contribution in [0.1, 0.15) is 44.3 Å². The Balaban J connectivity index is 1.67. The van der Waals surface area contributed by atoms with Gasteiger partial charge in [0.1, 0.15) is 5.82 Å². The molecule has 38 heavy (non-hydrogen) atoms. The van der Waals surface area contributed by atoms with Gasteiger partial charge in [0.05, 0.1) is 15.2 Å². The molecular weight excluding hydrogens is 585 g/mol. The zero-order chi connectivity index (χ0) is 27.6. The van der Waals surface area contributed by atoms with Crippen LogP contribution in [0, 0.1) is 11.6 Å². The van der Waals surface area contributed by atoms with Crippen molar-refractivity contribution in [3.05, 3.63) is 63.0 Å². The predicted octanol–water partition coefficient (Wildman–Crippen LogP) is 6.13. The number of halogens is 4. The van der Waals surface area contributed by atoms with Crippen molar-refractivity contribution in [2.24, 2.45) is 0 Å². The molecule has 1 N–H and O–H groups in total. The van der Waals surface area contributed by atoms with Crippen LogP contribution in [0.5, 0.6) is 11.6 Å². The summed E-state index contributed by atoms with van der Waals surface area (Å²) in [6.07, 6.45) is 1.10. The number of thiazole rings is 1. The fraction of sp³-hybridized carbons (Fsp3) is 0.292. The van der Waals surface area contributed by atoms with Crippen LogP contribution in [-0.2, 0) is 19.4 Å². The van der Waals surface area contributed by atoms with Crippen molar-refractivity contribution in [3.8, 4) is 11.6 Å². The summed E-state index contributed by atoms with van der Waals surface area (Å²) in [5.74, 6) is -4.12. The monoisotopic (exact) mass is 604 g/mol. The number of hydrogen-bond donors (Lipinski definition) is 1. The molecule has 0 spiro atoms. The first-order chi connectivity index (χ1) is 18.0. The predicted molar refractivity (Wildman–Crippen MR) is 138 cm³/mol. The highest BCUT2D eigenvalue weighted by Crippen LogP contribution is 2.37. The lowest BCUT2D eigenvalue weighted by Crippen LogP contribution is -2.26. The number of esters is 1. The van der Waals surface area contributed by atoms with Gasteiger partial charge in [-0.2, -0.15) is 4.98 Å². The lowest BCUT2D eigenvalue weighted by Gasteiger charge is -2.20. The Labute approximate surface area is 230 Å². The lowest BCUT2D eigenvalue weighted by atomic mass is 10.1. The summed E-state index contributed by atoms with van der Waals surface area (Å²) in [5, 5.41) is 1.71. The molecule has 1 atom stereocenters. The van der Waals surface area contributed by atoms with Gasteiger partial charge >= 0.3 is 5.97 Å². The van der Waals surface area contributed by atoms with Crippen LogP contribution in [0.3, 0.4) is 0 Å². The largest absolute Gasteiger partial charge is 0.473 e. The Morgan fingerprint density at radius 1 is 1.13 bits per heavy atom. The molecule has 14 heteroatoms. The maximum Gasteiger partial charge on any atom is 0.309 e. The minimum absolute atomic E-state index is 0.0120. The van der Waals surface area contributed by atoms with E-state index < -0.39 is 50.5 Å². The van der Waals surface area contributed by atoms with Crippen molar-refractivity contribution in [1.82, 2.24) is 4.98 Å². The first-order valence-electron chi connectivity index (χ1n) is 11.3. The van der Waals surface area contributed by atoms with E-state index in [2.05, 4.69) is 10.3 Å². The molecule has 3 aromatic rings. The molecular formula is C24H20Cl2F2N2O6S2. The third kappa shape index (κ3) is 6.25. The fourth-order valence-corrected chi connectivity index (χ4v) is 7.31. The maximum atomic E-state index is 14.4. The Morgan fingerprint density at radius 2 is 1.84 bits per heavy atom. The molecule has 8 nitrogen and oxygen atoms in total. The summed E-state index contributed by atoms with van der Waals surface area (Å²) in [5.41, 5.74) is 0.0875. The summed E-state index contributed by atoms with van der Waals surface area (Å²) in [6, 6.07) is 6.39. The van der Waals surface area contributed by atoms with Crippen molar-refractivity contribution in [2.45, 2.75) is 48.9 Å². The van der Waals surface area contributed by atoms with E-state index in [-0.39, 0.29) is 30.8 Å². The summed E-state index contributed by atoms with van der Waals surface area (Å²) >= 11 is 13.2. The lowest BCUT2D eigenvalue weighted by molar-refractivity contribution is -0.132. The van der Waals surface area contributed by atoms with Crippen LogP contribution in [0.2, 0.25) is 9.36 Å². The molecule has 1 unspecified atom stereocenters. The average Bonchev–Trinajstić information content (AvgIpc) is 3.49. The zero-order valence-electron chi connectivity index (χ0n) is 19.7. The highest BCUT2D eigenvalue weighted by molar-refractivity contribution is 7.92. The Morgan fingerprint density at radius 3 is 2.47 bits per heavy atom. The molecule has 1 saturated carbocycles. The van der Waals surface area contributed by atoms with Gasteiger partial charge in [-0.1, -0.05) is 53.4 Å². The number of sulfone groups is 1. The van der Waals surface area contributed by atoms with Crippen LogP contribution in [0.15, 0.2) is 41.3 Å². The van der Waals surface area contributed by atoms with Gasteiger partial charge in [-0.3, -0.25) is 14.9 Å². The SMILES string of the molecule is CC(=O)Oc1nc(NC(=O)C(Oc2ccc(F)cc2F)c2ccc(S(=O)(=O)C3CCCC3)c(Cl)c2)sc1Cl. The average molecular weight is 605 g/mol. The summed E-state index contributed by atoms with van der Waals surface area (Å²) in [6.45, 7) is 1.15. The fourth-order valence-electron chi connectivity index (χ4n) is 3.97. The molecule has 1 aliphatic rings. The molecule has 0 bridgehead atoms. The smallest absolute Gasteiger partial charge is 0.309 e. The molecule has 202 valence electrons. The molecule has 0 saturated heterocycles. The molecule has 1 fully saturated rings. The first-order valence-corrected chi connectivity index (χ1v) is 14.4. The van der Waals surface area contributed by atoms with E-state index in [0.717, 1.165) is 43.2 Å². The minimum Gasteiger partial charge on any atom is -0.473 e. The van der Waals surface area contributed by atoms with Gasteiger partial charge in [-0.05, 0) is 37.1 Å². The topological polar surface area (TPSA) is 112 Å². The third-order valence-electron chi connectivity index (χ3n) is 5.71. The number of carbonyl (C=O) groups is 2. The first kappa shape index (κ1) is 28.2. The van der Waals surface area contributed by atoms with Gasteiger partial charge in [0.2, 0.25) is 6.10 Å². The van der Waals surface area contributed by atoms with Crippen molar-refractivity contribution in [2.75, 3.05) is 5.32 Å². The van der Waals surface area contributed by atoms with Crippen LogP contribution < -0.4 is 14.8 Å². The molecule has 1 heterocycles. The van der Waals surface area contributed by atoms with E-state index in [9.17, 15) is 26.8 Å². The number of ether oxygens (including phenoxy) is 2. The molecule has 1 aromatic heterocycles. The van der Waals surface area contributed by atoms with E-state index in [1.807, 2.05) is 0 Å². The number of amides is 1. The van der Waals surface area contributed by atoms with E-state index >= 15 is 0 Å². The second kappa shape index (κ2) is 11.5.